The van der Waals surface area contributed by atoms with Crippen LogP contribution < -0.4 is 10.2 Å². The summed E-state index contributed by atoms with van der Waals surface area (Å²) in [6, 6.07) is 7.43. The number of carbonyl (C=O) groups excluding carboxylic acids is 1. The van der Waals surface area contributed by atoms with Crippen LogP contribution in [-0.2, 0) is 4.79 Å². The first-order valence-electron chi connectivity index (χ1n) is 6.41. The number of ether oxygens (including phenoxy) is 1. The molecule has 0 aliphatic rings. The Morgan fingerprint density at radius 3 is 2.87 bits per heavy atom. The quantitative estimate of drug-likeness (QED) is 0.470. The monoisotopic (exact) mass is 381 g/mol. The Morgan fingerprint density at radius 1 is 1.48 bits per heavy atom. The molecule has 2 aromatic rings. The zero-order chi connectivity index (χ0) is 16.8. The van der Waals surface area contributed by atoms with Gasteiger partial charge in [0.05, 0.1) is 15.7 Å². The second-order valence-electron chi connectivity index (χ2n) is 4.37. The van der Waals surface area contributed by atoms with Gasteiger partial charge in [-0.3, -0.25) is 14.9 Å². The number of amides is 1. The van der Waals surface area contributed by atoms with E-state index in [1.165, 1.54) is 24.5 Å². The number of carbonyl (C=O) groups is 1. The van der Waals surface area contributed by atoms with Crippen LogP contribution in [0.3, 0.4) is 0 Å². The second-order valence-corrected chi connectivity index (χ2v) is 5.22. The lowest BCUT2D eigenvalue weighted by atomic mass is 10.3. The van der Waals surface area contributed by atoms with Gasteiger partial charge in [0, 0.05) is 12.1 Å². The summed E-state index contributed by atoms with van der Waals surface area (Å²) in [5.41, 5.74) is 2.77. The molecular formula is C14H12BrN3O5. The van der Waals surface area contributed by atoms with Crippen molar-refractivity contribution in [3.05, 3.63) is 56.9 Å². The molecule has 0 saturated heterocycles. The summed E-state index contributed by atoms with van der Waals surface area (Å²) in [6.07, 6.45) is 1.51. The molecule has 0 aliphatic heterocycles. The van der Waals surface area contributed by atoms with Gasteiger partial charge in [-0.1, -0.05) is 0 Å². The van der Waals surface area contributed by atoms with Crippen LogP contribution in [0.1, 0.15) is 12.7 Å². The molecule has 120 valence electrons. The number of nitrogens with one attached hydrogen (secondary N) is 1. The van der Waals surface area contributed by atoms with Gasteiger partial charge in [0.15, 0.2) is 6.61 Å². The van der Waals surface area contributed by atoms with Crippen molar-refractivity contribution in [2.24, 2.45) is 5.10 Å². The van der Waals surface area contributed by atoms with E-state index in [1.54, 1.807) is 19.1 Å². The van der Waals surface area contributed by atoms with Crippen molar-refractivity contribution >= 4 is 33.2 Å². The van der Waals surface area contributed by atoms with E-state index in [-0.39, 0.29) is 12.3 Å². The molecule has 0 aliphatic carbocycles. The van der Waals surface area contributed by atoms with E-state index >= 15 is 0 Å². The minimum Gasteiger partial charge on any atom is -0.483 e. The number of hydrazone groups is 1. The van der Waals surface area contributed by atoms with E-state index in [2.05, 4.69) is 26.5 Å². The second kappa shape index (κ2) is 7.54. The summed E-state index contributed by atoms with van der Waals surface area (Å²) in [5, 5.41) is 14.5. The summed E-state index contributed by atoms with van der Waals surface area (Å²) >= 11 is 3.15. The molecule has 1 N–H and O–H groups in total. The normalized spacial score (nSPS) is 11.1. The Hall–Kier alpha value is -2.68. The molecule has 0 unspecified atom stereocenters. The molecule has 9 heteroatoms. The fourth-order valence-electron chi connectivity index (χ4n) is 1.58. The van der Waals surface area contributed by atoms with Gasteiger partial charge in [-0.2, -0.15) is 5.10 Å². The van der Waals surface area contributed by atoms with E-state index < -0.39 is 10.8 Å². The Labute approximate surface area is 139 Å². The highest BCUT2D eigenvalue weighted by Crippen LogP contribution is 2.28. The van der Waals surface area contributed by atoms with Gasteiger partial charge in [-0.25, -0.2) is 5.43 Å². The molecule has 1 heterocycles. The highest BCUT2D eigenvalue weighted by atomic mass is 79.9. The molecule has 0 radical (unpaired) electrons. The van der Waals surface area contributed by atoms with Crippen molar-refractivity contribution < 1.29 is 18.9 Å². The lowest BCUT2D eigenvalue weighted by Gasteiger charge is -2.07. The molecule has 1 aromatic carbocycles. The third-order valence-electron chi connectivity index (χ3n) is 2.71. The van der Waals surface area contributed by atoms with Gasteiger partial charge in [0.2, 0.25) is 0 Å². The van der Waals surface area contributed by atoms with E-state index in [1.807, 2.05) is 0 Å². The number of nitro benzene ring substituents is 1. The highest BCUT2D eigenvalue weighted by molar-refractivity contribution is 9.10. The average Bonchev–Trinajstić information content (AvgIpc) is 3.05. The van der Waals surface area contributed by atoms with Gasteiger partial charge in [-0.15, -0.1) is 0 Å². The maximum atomic E-state index is 11.7. The van der Waals surface area contributed by atoms with Crippen molar-refractivity contribution in [3.8, 4) is 5.75 Å². The van der Waals surface area contributed by atoms with E-state index in [4.69, 9.17) is 9.15 Å². The summed E-state index contributed by atoms with van der Waals surface area (Å²) in [4.78, 5) is 21.8. The average molecular weight is 382 g/mol. The van der Waals surface area contributed by atoms with Crippen molar-refractivity contribution in [2.75, 3.05) is 6.61 Å². The largest absolute Gasteiger partial charge is 0.483 e. The topological polar surface area (TPSA) is 107 Å². The van der Waals surface area contributed by atoms with Gasteiger partial charge >= 0.3 is 0 Å². The Kier molecular flexibility index (Phi) is 5.47. The molecule has 1 amide bonds. The van der Waals surface area contributed by atoms with Crippen LogP contribution in [0, 0.1) is 10.1 Å². The third-order valence-corrected chi connectivity index (χ3v) is 3.33. The molecule has 1 aromatic heterocycles. The predicted molar refractivity (Wildman–Crippen MR) is 85.4 cm³/mol. The molecule has 0 spiro atoms. The van der Waals surface area contributed by atoms with Gasteiger partial charge in [0.25, 0.3) is 11.6 Å². The first-order valence-corrected chi connectivity index (χ1v) is 7.20. The van der Waals surface area contributed by atoms with E-state index in [0.717, 1.165) is 0 Å². The number of furan rings is 1. The van der Waals surface area contributed by atoms with Crippen LogP contribution in [0.2, 0.25) is 0 Å². The highest BCUT2D eigenvalue weighted by Gasteiger charge is 2.11. The zero-order valence-electron chi connectivity index (χ0n) is 12.0. The molecular weight excluding hydrogens is 370 g/mol. The Morgan fingerprint density at radius 2 is 2.26 bits per heavy atom. The number of hydrogen-bond acceptors (Lipinski definition) is 6. The van der Waals surface area contributed by atoms with Crippen LogP contribution in [0.5, 0.6) is 5.75 Å². The minimum absolute atomic E-state index is 0.0765. The maximum Gasteiger partial charge on any atom is 0.277 e. The fraction of sp³-hybridized carbons (Fsp3) is 0.143. The summed E-state index contributed by atoms with van der Waals surface area (Å²) in [7, 11) is 0. The van der Waals surface area contributed by atoms with E-state index in [0.29, 0.717) is 21.7 Å². The number of nitrogens with zero attached hydrogens (tertiary/aromatic N) is 2. The van der Waals surface area contributed by atoms with Crippen LogP contribution in [-0.4, -0.2) is 23.1 Å². The number of hydrogen-bond donors (Lipinski definition) is 1. The van der Waals surface area contributed by atoms with Crippen molar-refractivity contribution in [1.82, 2.24) is 5.43 Å². The van der Waals surface area contributed by atoms with Gasteiger partial charge in [-0.05, 0) is 41.1 Å². The molecule has 0 atom stereocenters. The number of nitro groups is 1. The molecule has 8 nitrogen and oxygen atoms in total. The fourth-order valence-corrected chi connectivity index (χ4v) is 2.06. The Bertz CT molecular complexity index is 743. The smallest absolute Gasteiger partial charge is 0.277 e. The van der Waals surface area contributed by atoms with Gasteiger partial charge < -0.3 is 9.15 Å². The summed E-state index contributed by atoms with van der Waals surface area (Å²) < 4.78 is 10.8. The van der Waals surface area contributed by atoms with E-state index in [9.17, 15) is 14.9 Å². The summed E-state index contributed by atoms with van der Waals surface area (Å²) in [5.74, 6) is 0.392. The Balaban J connectivity index is 1.89. The van der Waals surface area contributed by atoms with Crippen molar-refractivity contribution in [3.63, 3.8) is 0 Å². The minimum atomic E-state index is -0.520. The third kappa shape index (κ3) is 4.65. The number of halogens is 1. The molecule has 0 bridgehead atoms. The zero-order valence-corrected chi connectivity index (χ0v) is 13.6. The molecule has 0 fully saturated rings. The number of benzene rings is 1. The first-order chi connectivity index (χ1) is 11.0. The first kappa shape index (κ1) is 16.7. The lowest BCUT2D eigenvalue weighted by Crippen LogP contribution is -2.25. The maximum absolute atomic E-state index is 11.7. The molecule has 0 saturated carbocycles. The van der Waals surface area contributed by atoms with Crippen molar-refractivity contribution in [1.29, 1.82) is 0 Å². The number of rotatable bonds is 6. The SMILES string of the molecule is C/C(=N\NC(=O)COc1ccc([N+](=O)[O-])cc1Br)c1ccco1. The summed E-state index contributed by atoms with van der Waals surface area (Å²) in [6.45, 7) is 1.40. The molecule has 23 heavy (non-hydrogen) atoms. The number of non-ortho nitro benzene ring substituents is 1. The van der Waals surface area contributed by atoms with Crippen LogP contribution in [0.15, 0.2) is 50.6 Å². The van der Waals surface area contributed by atoms with Crippen molar-refractivity contribution in [2.45, 2.75) is 6.92 Å². The predicted octanol–water partition coefficient (Wildman–Crippen LogP) is 2.87. The molecule has 2 rings (SSSR count). The van der Waals surface area contributed by atoms with Crippen LogP contribution in [0.4, 0.5) is 5.69 Å². The lowest BCUT2D eigenvalue weighted by molar-refractivity contribution is -0.384. The standard InChI is InChI=1S/C14H12BrN3O5/c1-9(12-3-2-6-22-12)16-17-14(19)8-23-13-5-4-10(18(20)21)7-11(13)15/h2-7H,8H2,1H3,(H,17,19)/b16-9+. The van der Waals surface area contributed by atoms with Crippen LogP contribution >= 0.6 is 15.9 Å². The van der Waals surface area contributed by atoms with Gasteiger partial charge in [0.1, 0.15) is 17.2 Å². The van der Waals surface area contributed by atoms with Crippen LogP contribution in [0.25, 0.3) is 0 Å².